The van der Waals surface area contributed by atoms with E-state index >= 15 is 0 Å². The number of hydrogen-bond acceptors (Lipinski definition) is 4. The molecule has 0 aliphatic heterocycles. The summed E-state index contributed by atoms with van der Waals surface area (Å²) in [6, 6.07) is 5.56. The smallest absolute Gasteiger partial charge is 0.150 e. The standard InChI is InChI=1S/C12H11BrN2OS/c1-15(5-10-7-17-8-14-10)12-3-2-9(6-16)4-11(12)13/h2-4,6-8H,5H2,1H3. The molecule has 0 bridgehead atoms. The maximum Gasteiger partial charge on any atom is 0.150 e. The number of carbonyl (C=O) groups is 1. The monoisotopic (exact) mass is 310 g/mol. The first-order valence-corrected chi connectivity index (χ1v) is 6.77. The molecule has 0 atom stereocenters. The van der Waals surface area contributed by atoms with Crippen molar-refractivity contribution in [3.05, 3.63) is 44.8 Å². The fourth-order valence-corrected chi connectivity index (χ4v) is 2.80. The first-order chi connectivity index (χ1) is 8.20. The Balaban J connectivity index is 2.19. The van der Waals surface area contributed by atoms with Gasteiger partial charge < -0.3 is 4.90 Å². The van der Waals surface area contributed by atoms with Crippen molar-refractivity contribution in [1.29, 1.82) is 0 Å². The molecular weight excluding hydrogens is 300 g/mol. The summed E-state index contributed by atoms with van der Waals surface area (Å²) < 4.78 is 0.917. The number of thiazole rings is 1. The molecule has 88 valence electrons. The summed E-state index contributed by atoms with van der Waals surface area (Å²) in [4.78, 5) is 17.0. The minimum atomic E-state index is 0.669. The van der Waals surface area contributed by atoms with Crippen LogP contribution < -0.4 is 4.90 Å². The minimum absolute atomic E-state index is 0.669. The van der Waals surface area contributed by atoms with E-state index in [4.69, 9.17) is 0 Å². The Kier molecular flexibility index (Phi) is 3.91. The van der Waals surface area contributed by atoms with Gasteiger partial charge in [-0.05, 0) is 34.1 Å². The second-order valence-corrected chi connectivity index (χ2v) is 5.24. The van der Waals surface area contributed by atoms with Crippen molar-refractivity contribution in [1.82, 2.24) is 4.98 Å². The quantitative estimate of drug-likeness (QED) is 0.812. The van der Waals surface area contributed by atoms with E-state index in [-0.39, 0.29) is 0 Å². The van der Waals surface area contributed by atoms with Crippen molar-refractivity contribution in [2.75, 3.05) is 11.9 Å². The van der Waals surface area contributed by atoms with Gasteiger partial charge in [0.1, 0.15) is 6.29 Å². The van der Waals surface area contributed by atoms with Crippen molar-refractivity contribution >= 4 is 39.2 Å². The highest BCUT2D eigenvalue weighted by atomic mass is 79.9. The molecule has 17 heavy (non-hydrogen) atoms. The van der Waals surface area contributed by atoms with Gasteiger partial charge in [0.15, 0.2) is 0 Å². The zero-order valence-corrected chi connectivity index (χ0v) is 11.7. The lowest BCUT2D eigenvalue weighted by Gasteiger charge is -2.19. The third-order valence-electron chi connectivity index (χ3n) is 2.40. The minimum Gasteiger partial charge on any atom is -0.368 e. The maximum absolute atomic E-state index is 10.7. The SMILES string of the molecule is CN(Cc1cscn1)c1ccc(C=O)cc1Br. The van der Waals surface area contributed by atoms with Crippen LogP contribution in [0.2, 0.25) is 0 Å². The average molecular weight is 311 g/mol. The molecule has 0 unspecified atom stereocenters. The van der Waals surface area contributed by atoms with E-state index in [0.717, 1.165) is 28.7 Å². The average Bonchev–Trinajstić information content (AvgIpc) is 2.81. The normalized spacial score (nSPS) is 10.2. The highest BCUT2D eigenvalue weighted by molar-refractivity contribution is 9.10. The van der Waals surface area contributed by atoms with Gasteiger partial charge in [0.25, 0.3) is 0 Å². The predicted molar refractivity (Wildman–Crippen MR) is 73.8 cm³/mol. The lowest BCUT2D eigenvalue weighted by Crippen LogP contribution is -2.17. The summed E-state index contributed by atoms with van der Waals surface area (Å²) >= 11 is 5.07. The highest BCUT2D eigenvalue weighted by Gasteiger charge is 2.08. The zero-order chi connectivity index (χ0) is 12.3. The third kappa shape index (κ3) is 2.92. The Morgan fingerprint density at radius 2 is 2.35 bits per heavy atom. The molecule has 5 heteroatoms. The van der Waals surface area contributed by atoms with E-state index in [1.54, 1.807) is 11.3 Å². The van der Waals surface area contributed by atoms with E-state index in [0.29, 0.717) is 5.56 Å². The second kappa shape index (κ2) is 5.42. The Morgan fingerprint density at radius 1 is 1.53 bits per heavy atom. The molecule has 0 radical (unpaired) electrons. The summed E-state index contributed by atoms with van der Waals surface area (Å²) in [6.07, 6.45) is 0.842. The van der Waals surface area contributed by atoms with Crippen molar-refractivity contribution in [2.45, 2.75) is 6.54 Å². The molecule has 2 aromatic rings. The van der Waals surface area contributed by atoms with E-state index < -0.39 is 0 Å². The lowest BCUT2D eigenvalue weighted by molar-refractivity contribution is 0.112. The Morgan fingerprint density at radius 3 is 2.94 bits per heavy atom. The van der Waals surface area contributed by atoms with Crippen molar-refractivity contribution in [3.63, 3.8) is 0 Å². The fraction of sp³-hybridized carbons (Fsp3) is 0.167. The second-order valence-electron chi connectivity index (χ2n) is 3.66. The van der Waals surface area contributed by atoms with Gasteiger partial charge in [0, 0.05) is 22.5 Å². The molecular formula is C12H11BrN2OS. The molecule has 0 aliphatic carbocycles. The van der Waals surface area contributed by atoms with Crippen LogP contribution in [-0.4, -0.2) is 18.3 Å². The topological polar surface area (TPSA) is 33.2 Å². The number of anilines is 1. The van der Waals surface area contributed by atoms with Crippen molar-refractivity contribution in [2.24, 2.45) is 0 Å². The summed E-state index contributed by atoms with van der Waals surface area (Å²) in [5.41, 5.74) is 4.59. The van der Waals surface area contributed by atoms with Crippen LogP contribution in [0.3, 0.4) is 0 Å². The van der Waals surface area contributed by atoms with Crippen LogP contribution in [0.25, 0.3) is 0 Å². The molecule has 0 aliphatic rings. The van der Waals surface area contributed by atoms with Gasteiger partial charge >= 0.3 is 0 Å². The van der Waals surface area contributed by atoms with Gasteiger partial charge in [-0.25, -0.2) is 4.98 Å². The molecule has 1 aromatic carbocycles. The summed E-state index contributed by atoms with van der Waals surface area (Å²) in [5, 5.41) is 2.03. The number of hydrogen-bond donors (Lipinski definition) is 0. The van der Waals surface area contributed by atoms with Crippen LogP contribution in [-0.2, 0) is 6.54 Å². The van der Waals surface area contributed by atoms with Gasteiger partial charge in [-0.15, -0.1) is 11.3 Å². The Bertz CT molecular complexity index is 513. The number of benzene rings is 1. The van der Waals surface area contributed by atoms with Crippen molar-refractivity contribution in [3.8, 4) is 0 Å². The molecule has 3 nitrogen and oxygen atoms in total. The molecule has 0 N–H and O–H groups in total. The summed E-state index contributed by atoms with van der Waals surface area (Å²) in [7, 11) is 2.00. The molecule has 0 spiro atoms. The van der Waals surface area contributed by atoms with E-state index in [1.807, 2.05) is 36.1 Å². The Hall–Kier alpha value is -1.20. The number of aromatic nitrogens is 1. The van der Waals surface area contributed by atoms with Gasteiger partial charge in [0.05, 0.1) is 23.4 Å². The molecule has 0 fully saturated rings. The number of halogens is 1. The molecule has 1 heterocycles. The molecule has 1 aromatic heterocycles. The first kappa shape index (κ1) is 12.3. The van der Waals surface area contributed by atoms with Crippen LogP contribution in [0.4, 0.5) is 5.69 Å². The maximum atomic E-state index is 10.7. The summed E-state index contributed by atoms with van der Waals surface area (Å²) in [6.45, 7) is 0.753. The van der Waals surface area contributed by atoms with Gasteiger partial charge in [-0.3, -0.25) is 4.79 Å². The van der Waals surface area contributed by atoms with E-state index in [9.17, 15) is 4.79 Å². The molecule has 2 rings (SSSR count). The van der Waals surface area contributed by atoms with Gasteiger partial charge in [0.2, 0.25) is 0 Å². The van der Waals surface area contributed by atoms with Crippen LogP contribution >= 0.6 is 27.3 Å². The number of carbonyl (C=O) groups excluding carboxylic acids is 1. The molecule has 0 saturated carbocycles. The predicted octanol–water partition coefficient (Wildman–Crippen LogP) is 3.35. The highest BCUT2D eigenvalue weighted by Crippen LogP contribution is 2.27. The number of nitrogens with zero attached hydrogens (tertiary/aromatic N) is 2. The van der Waals surface area contributed by atoms with Gasteiger partial charge in [-0.2, -0.15) is 0 Å². The molecule has 0 amide bonds. The summed E-state index contributed by atoms with van der Waals surface area (Å²) in [5.74, 6) is 0. The largest absolute Gasteiger partial charge is 0.368 e. The zero-order valence-electron chi connectivity index (χ0n) is 9.26. The van der Waals surface area contributed by atoms with E-state index in [1.165, 1.54) is 0 Å². The van der Waals surface area contributed by atoms with E-state index in [2.05, 4.69) is 25.8 Å². The van der Waals surface area contributed by atoms with Gasteiger partial charge in [-0.1, -0.05) is 0 Å². The van der Waals surface area contributed by atoms with Crippen LogP contribution in [0.15, 0.2) is 33.6 Å². The first-order valence-electron chi connectivity index (χ1n) is 5.03. The number of rotatable bonds is 4. The van der Waals surface area contributed by atoms with Crippen LogP contribution in [0.5, 0.6) is 0 Å². The van der Waals surface area contributed by atoms with Crippen molar-refractivity contribution < 1.29 is 4.79 Å². The third-order valence-corrected chi connectivity index (χ3v) is 3.67. The fourth-order valence-electron chi connectivity index (χ4n) is 1.55. The van der Waals surface area contributed by atoms with Crippen LogP contribution in [0.1, 0.15) is 16.1 Å². The molecule has 0 saturated heterocycles. The lowest BCUT2D eigenvalue weighted by atomic mass is 10.2. The van der Waals surface area contributed by atoms with Crippen LogP contribution in [0, 0.1) is 0 Å². The Labute approximate surface area is 112 Å². The number of aldehydes is 1.